The van der Waals surface area contributed by atoms with E-state index in [9.17, 15) is 8.42 Å². The number of allylic oxidation sites excluding steroid dienone is 4. The average molecular weight is 559 g/mol. The van der Waals surface area contributed by atoms with Gasteiger partial charge in [-0.15, -0.1) is 0 Å². The maximum absolute atomic E-state index is 13.4. The summed E-state index contributed by atoms with van der Waals surface area (Å²) in [5.41, 5.74) is 5.48. The van der Waals surface area contributed by atoms with E-state index >= 15 is 0 Å². The van der Waals surface area contributed by atoms with Gasteiger partial charge in [0.15, 0.2) is 0 Å². The molecule has 0 fully saturated rings. The molecule has 6 nitrogen and oxygen atoms in total. The molecule has 3 aliphatic rings. The highest BCUT2D eigenvalue weighted by Gasteiger charge is 2.28. The number of aryl methyl sites for hydroxylation is 3. The van der Waals surface area contributed by atoms with Crippen molar-refractivity contribution in [3.05, 3.63) is 112 Å². The molecule has 2 aliphatic heterocycles. The maximum Gasteiger partial charge on any atom is 0.339 e. The van der Waals surface area contributed by atoms with Crippen LogP contribution in [0, 0.1) is 20.8 Å². The lowest BCUT2D eigenvalue weighted by molar-refractivity contribution is 0.158. The van der Waals surface area contributed by atoms with Gasteiger partial charge in [0.25, 0.3) is 0 Å². The first kappa shape index (κ1) is 27.6. The predicted octanol–water partition coefficient (Wildman–Crippen LogP) is 7.28. The number of fused-ring (bicyclic) bond motifs is 3. The maximum atomic E-state index is 13.4. The lowest BCUT2D eigenvalue weighted by Crippen LogP contribution is -2.27. The summed E-state index contributed by atoms with van der Waals surface area (Å²) in [6.07, 6.45) is 13.6. The number of ether oxygens (including phenoxy) is 3. The minimum atomic E-state index is -4.07. The van der Waals surface area contributed by atoms with Crippen molar-refractivity contribution in [2.24, 2.45) is 0 Å². The summed E-state index contributed by atoms with van der Waals surface area (Å²) < 4.78 is 50.8. The lowest BCUT2D eigenvalue weighted by Gasteiger charge is -2.30. The SMILES string of the molecule is C=CCOC1=CC(OS(=O)(=O)c2c(C)cc(C)cc2C)=CCC=C1C1=Cc2ccc3c(c2OC1)C=CC(C)(C)O3. The zero-order valence-corrected chi connectivity index (χ0v) is 24.4. The molecule has 5 rings (SSSR count). The molecule has 2 aromatic rings. The molecule has 0 saturated heterocycles. The Morgan fingerprint density at radius 2 is 1.82 bits per heavy atom. The number of benzene rings is 2. The number of hydrogen-bond donors (Lipinski definition) is 0. The number of rotatable bonds is 7. The zero-order valence-electron chi connectivity index (χ0n) is 23.5. The zero-order chi connectivity index (χ0) is 28.7. The first-order valence-electron chi connectivity index (χ1n) is 13.2. The smallest absolute Gasteiger partial charge is 0.339 e. The van der Waals surface area contributed by atoms with Gasteiger partial charge in [0.05, 0.1) is 5.56 Å². The molecule has 2 heterocycles. The third-order valence-electron chi connectivity index (χ3n) is 6.86. The van der Waals surface area contributed by atoms with Gasteiger partial charge in [-0.3, -0.25) is 0 Å². The van der Waals surface area contributed by atoms with Gasteiger partial charge < -0.3 is 18.4 Å². The minimum absolute atomic E-state index is 0.183. The molecule has 0 radical (unpaired) electrons. The van der Waals surface area contributed by atoms with Crippen LogP contribution in [0.3, 0.4) is 0 Å². The highest BCUT2D eigenvalue weighted by molar-refractivity contribution is 7.87. The first-order chi connectivity index (χ1) is 19.0. The third kappa shape index (κ3) is 5.52. The van der Waals surface area contributed by atoms with Gasteiger partial charge in [-0.2, -0.15) is 8.42 Å². The van der Waals surface area contributed by atoms with Gasteiger partial charge in [0.2, 0.25) is 0 Å². The summed E-state index contributed by atoms with van der Waals surface area (Å²) in [6, 6.07) is 7.62. The Labute approximate surface area is 236 Å². The summed E-state index contributed by atoms with van der Waals surface area (Å²) in [5.74, 6) is 2.24. The van der Waals surface area contributed by atoms with Crippen LogP contribution in [0.15, 0.2) is 88.8 Å². The molecule has 0 N–H and O–H groups in total. The molecule has 0 bridgehead atoms. The molecule has 0 amide bonds. The van der Waals surface area contributed by atoms with Crippen LogP contribution in [0.5, 0.6) is 11.5 Å². The Hall–Kier alpha value is -3.97. The van der Waals surface area contributed by atoms with Gasteiger partial charge in [0, 0.05) is 22.8 Å². The normalized spacial score (nSPS) is 17.4. The predicted molar refractivity (Wildman–Crippen MR) is 158 cm³/mol. The standard InChI is InChI=1S/C33H34O6S/c1-7-15-36-30-19-26(39-40(34,35)32-22(3)16-21(2)17-23(32)4)9-8-10-27(30)25-18-24-11-12-29-28(31(24)37-20-25)13-14-33(5,6)38-29/h7,9-14,16-19H,1,8,15,20H2,2-6H3. The number of hydrogen-bond acceptors (Lipinski definition) is 6. The van der Waals surface area contributed by atoms with Crippen molar-refractivity contribution < 1.29 is 26.8 Å². The molecule has 7 heteroatoms. The largest absolute Gasteiger partial charge is 0.489 e. The molecule has 40 heavy (non-hydrogen) atoms. The molecular formula is C33H34O6S. The van der Waals surface area contributed by atoms with Gasteiger partial charge in [0.1, 0.15) is 46.7 Å². The Bertz CT molecular complexity index is 1620. The Balaban J connectivity index is 1.47. The van der Waals surface area contributed by atoms with E-state index < -0.39 is 10.1 Å². The van der Waals surface area contributed by atoms with Crippen molar-refractivity contribution in [1.29, 1.82) is 0 Å². The molecule has 0 unspecified atom stereocenters. The van der Waals surface area contributed by atoms with Crippen LogP contribution in [0.25, 0.3) is 12.2 Å². The van der Waals surface area contributed by atoms with Crippen molar-refractivity contribution in [2.75, 3.05) is 13.2 Å². The van der Waals surface area contributed by atoms with E-state index in [0.717, 1.165) is 39.3 Å². The molecule has 0 saturated carbocycles. The topological polar surface area (TPSA) is 71.1 Å². The van der Waals surface area contributed by atoms with Crippen molar-refractivity contribution >= 4 is 22.3 Å². The molecule has 0 aromatic heterocycles. The highest BCUT2D eigenvalue weighted by atomic mass is 32.2. The molecule has 2 aromatic carbocycles. The van der Waals surface area contributed by atoms with Gasteiger partial charge >= 0.3 is 10.1 Å². The summed E-state index contributed by atoms with van der Waals surface area (Å²) in [6.45, 7) is 13.8. The third-order valence-corrected chi connectivity index (χ3v) is 8.41. The van der Waals surface area contributed by atoms with E-state index in [1.54, 1.807) is 32.1 Å². The van der Waals surface area contributed by atoms with E-state index in [1.165, 1.54) is 0 Å². The van der Waals surface area contributed by atoms with E-state index in [0.29, 0.717) is 29.9 Å². The van der Waals surface area contributed by atoms with Crippen LogP contribution in [0.2, 0.25) is 0 Å². The van der Waals surface area contributed by atoms with Crippen molar-refractivity contribution in [3.8, 4) is 11.5 Å². The van der Waals surface area contributed by atoms with Crippen LogP contribution in [0.1, 0.15) is 48.1 Å². The van der Waals surface area contributed by atoms with E-state index in [-0.39, 0.29) is 22.9 Å². The van der Waals surface area contributed by atoms with Crippen molar-refractivity contribution in [1.82, 2.24) is 0 Å². The highest BCUT2D eigenvalue weighted by Crippen LogP contribution is 2.43. The molecule has 208 valence electrons. The fourth-order valence-electron chi connectivity index (χ4n) is 5.26. The summed E-state index contributed by atoms with van der Waals surface area (Å²) >= 11 is 0. The van der Waals surface area contributed by atoms with Crippen LogP contribution in [-0.2, 0) is 19.0 Å². The van der Waals surface area contributed by atoms with Crippen molar-refractivity contribution in [2.45, 2.75) is 51.5 Å². The van der Waals surface area contributed by atoms with Gasteiger partial charge in [-0.05, 0) is 88.6 Å². The molecular weight excluding hydrogens is 524 g/mol. The lowest BCUT2D eigenvalue weighted by atomic mass is 9.95. The Morgan fingerprint density at radius 1 is 1.07 bits per heavy atom. The average Bonchev–Trinajstić information content (AvgIpc) is 3.06. The van der Waals surface area contributed by atoms with E-state index in [4.69, 9.17) is 18.4 Å². The molecule has 1 aliphatic carbocycles. The second-order valence-corrected chi connectivity index (χ2v) is 12.2. The fraction of sp³-hybridized carbons (Fsp3) is 0.273. The summed E-state index contributed by atoms with van der Waals surface area (Å²) in [7, 11) is -4.07. The van der Waals surface area contributed by atoms with Crippen LogP contribution < -0.4 is 9.47 Å². The Kier molecular flexibility index (Phi) is 7.27. The summed E-state index contributed by atoms with van der Waals surface area (Å²) in [5, 5.41) is 0. The van der Waals surface area contributed by atoms with Crippen LogP contribution in [-0.4, -0.2) is 27.2 Å². The quantitative estimate of drug-likeness (QED) is 0.263. The van der Waals surface area contributed by atoms with Crippen molar-refractivity contribution in [3.63, 3.8) is 0 Å². The minimum Gasteiger partial charge on any atom is -0.489 e. The molecule has 0 atom stereocenters. The second kappa shape index (κ2) is 10.5. The fourth-order valence-corrected chi connectivity index (χ4v) is 6.62. The van der Waals surface area contributed by atoms with Gasteiger partial charge in [-0.25, -0.2) is 0 Å². The Morgan fingerprint density at radius 3 is 2.55 bits per heavy atom. The van der Waals surface area contributed by atoms with Crippen LogP contribution in [0.4, 0.5) is 0 Å². The van der Waals surface area contributed by atoms with Gasteiger partial charge in [-0.1, -0.05) is 36.4 Å². The monoisotopic (exact) mass is 558 g/mol. The van der Waals surface area contributed by atoms with E-state index in [1.807, 2.05) is 63.3 Å². The second-order valence-electron chi connectivity index (χ2n) is 10.7. The first-order valence-corrected chi connectivity index (χ1v) is 14.7. The molecule has 0 spiro atoms. The summed E-state index contributed by atoms with van der Waals surface area (Å²) in [4.78, 5) is 0.183. The van der Waals surface area contributed by atoms with E-state index in [2.05, 4.69) is 12.7 Å². The van der Waals surface area contributed by atoms with Crippen LogP contribution >= 0.6 is 0 Å².